The van der Waals surface area contributed by atoms with Gasteiger partial charge >= 0.3 is 0 Å². The van der Waals surface area contributed by atoms with Crippen molar-refractivity contribution in [1.29, 1.82) is 0 Å². The van der Waals surface area contributed by atoms with Gasteiger partial charge < -0.3 is 15.4 Å². The van der Waals surface area contributed by atoms with Crippen molar-refractivity contribution in [3.05, 3.63) is 72.2 Å². The molecule has 138 valence electrons. The first kappa shape index (κ1) is 18.2. The lowest BCUT2D eigenvalue weighted by atomic mass is 10.2. The van der Waals surface area contributed by atoms with E-state index in [-0.39, 0.29) is 17.2 Å². The lowest BCUT2D eigenvalue weighted by Gasteiger charge is -2.11. The third-order valence-corrected chi connectivity index (χ3v) is 3.53. The van der Waals surface area contributed by atoms with E-state index in [1.807, 2.05) is 6.92 Å². The molecule has 27 heavy (non-hydrogen) atoms. The summed E-state index contributed by atoms with van der Waals surface area (Å²) in [6.07, 6.45) is 1.17. The molecule has 6 nitrogen and oxygen atoms in total. The molecule has 3 aromatic rings. The van der Waals surface area contributed by atoms with E-state index in [2.05, 4.69) is 20.6 Å². The van der Waals surface area contributed by atoms with E-state index >= 15 is 0 Å². The number of carbonyl (C=O) groups is 1. The van der Waals surface area contributed by atoms with Crippen LogP contribution in [0.15, 0.2) is 54.9 Å². The fourth-order valence-corrected chi connectivity index (χ4v) is 2.32. The number of halogens is 2. The van der Waals surface area contributed by atoms with Crippen LogP contribution in [0.3, 0.4) is 0 Å². The fraction of sp³-hybridized carbons (Fsp3) is 0.105. The summed E-state index contributed by atoms with van der Waals surface area (Å²) in [6, 6.07) is 11.5. The molecule has 1 amide bonds. The highest BCUT2D eigenvalue weighted by atomic mass is 19.1. The molecule has 0 radical (unpaired) electrons. The summed E-state index contributed by atoms with van der Waals surface area (Å²) in [5, 5.41) is 5.41. The molecule has 1 heterocycles. The quantitative estimate of drug-likeness (QED) is 0.682. The lowest BCUT2D eigenvalue weighted by Crippen LogP contribution is -2.15. The van der Waals surface area contributed by atoms with E-state index in [1.165, 1.54) is 18.5 Å². The van der Waals surface area contributed by atoms with E-state index in [0.29, 0.717) is 18.0 Å². The molecule has 0 saturated heterocycles. The van der Waals surface area contributed by atoms with Crippen LogP contribution in [0.25, 0.3) is 0 Å². The Hall–Kier alpha value is -3.55. The number of carbonyl (C=O) groups excluding carboxylic acids is 1. The first-order chi connectivity index (χ1) is 13.1. The molecule has 0 saturated carbocycles. The molecule has 0 bridgehead atoms. The molecule has 8 heteroatoms. The van der Waals surface area contributed by atoms with Gasteiger partial charge in [0.05, 0.1) is 18.0 Å². The fourth-order valence-electron chi connectivity index (χ4n) is 2.32. The number of hydrogen-bond acceptors (Lipinski definition) is 5. The van der Waals surface area contributed by atoms with Crippen molar-refractivity contribution in [2.24, 2.45) is 0 Å². The van der Waals surface area contributed by atoms with Gasteiger partial charge in [0.15, 0.2) is 0 Å². The van der Waals surface area contributed by atoms with Crippen molar-refractivity contribution < 1.29 is 18.3 Å². The highest BCUT2D eigenvalue weighted by Gasteiger charge is 2.13. The summed E-state index contributed by atoms with van der Waals surface area (Å²) >= 11 is 0. The highest BCUT2D eigenvalue weighted by molar-refractivity contribution is 6.04. The Labute approximate surface area is 154 Å². The van der Waals surface area contributed by atoms with Crippen LogP contribution in [-0.2, 0) is 0 Å². The van der Waals surface area contributed by atoms with Gasteiger partial charge in [-0.2, -0.15) is 0 Å². The number of nitrogens with zero attached hydrogens (tertiary/aromatic N) is 2. The molecule has 0 aliphatic rings. The minimum atomic E-state index is -0.773. The number of rotatable bonds is 6. The van der Waals surface area contributed by atoms with Crippen molar-refractivity contribution in [1.82, 2.24) is 9.97 Å². The number of nitrogens with one attached hydrogen (secondary N) is 2. The van der Waals surface area contributed by atoms with Crippen LogP contribution in [0.2, 0.25) is 0 Å². The van der Waals surface area contributed by atoms with Gasteiger partial charge in [-0.25, -0.2) is 18.7 Å². The smallest absolute Gasteiger partial charge is 0.274 e. The van der Waals surface area contributed by atoms with Crippen LogP contribution >= 0.6 is 0 Å². The molecule has 0 unspecified atom stereocenters. The predicted octanol–water partition coefficient (Wildman–Crippen LogP) is 4.15. The monoisotopic (exact) mass is 370 g/mol. The molecular weight excluding hydrogens is 354 g/mol. The van der Waals surface area contributed by atoms with E-state index in [9.17, 15) is 13.6 Å². The molecule has 2 N–H and O–H groups in total. The molecule has 0 fully saturated rings. The molecule has 1 aromatic heterocycles. The molecule has 0 aliphatic carbocycles. The Morgan fingerprint density at radius 2 is 1.89 bits per heavy atom. The van der Waals surface area contributed by atoms with Crippen LogP contribution in [0.1, 0.15) is 17.4 Å². The zero-order valence-electron chi connectivity index (χ0n) is 14.4. The van der Waals surface area contributed by atoms with Crippen molar-refractivity contribution >= 4 is 23.1 Å². The maximum Gasteiger partial charge on any atom is 0.274 e. The summed E-state index contributed by atoms with van der Waals surface area (Å²) < 4.78 is 32.2. The highest BCUT2D eigenvalue weighted by Crippen LogP contribution is 2.24. The second kappa shape index (κ2) is 8.22. The summed E-state index contributed by atoms with van der Waals surface area (Å²) in [6.45, 7) is 2.30. The number of ether oxygens (including phenoxy) is 1. The van der Waals surface area contributed by atoms with Gasteiger partial charge in [-0.3, -0.25) is 4.79 Å². The molecular formula is C19H16F2N4O2. The molecule has 2 aromatic carbocycles. The standard InChI is InChI=1S/C19H16F2N4O2/c1-2-27-17-6-4-3-5-15(17)25-19(26)16-10-18(23-11-22-16)24-14-8-7-12(20)9-13(14)21/h3-11H,2H2,1H3,(H,25,26)(H,22,23,24). The number of amides is 1. The van der Waals surface area contributed by atoms with Crippen LogP contribution in [0.4, 0.5) is 26.0 Å². The zero-order valence-corrected chi connectivity index (χ0v) is 14.4. The summed E-state index contributed by atoms with van der Waals surface area (Å²) in [5.74, 6) is -1.21. The van der Waals surface area contributed by atoms with E-state index in [1.54, 1.807) is 24.3 Å². The average Bonchev–Trinajstić information content (AvgIpc) is 2.66. The third kappa shape index (κ3) is 4.55. The van der Waals surface area contributed by atoms with Crippen molar-refractivity contribution in [3.63, 3.8) is 0 Å². The zero-order chi connectivity index (χ0) is 19.2. The van der Waals surface area contributed by atoms with E-state index in [4.69, 9.17) is 4.74 Å². The largest absolute Gasteiger partial charge is 0.492 e. The molecule has 3 rings (SSSR count). The topological polar surface area (TPSA) is 76.1 Å². The number of aromatic nitrogens is 2. The minimum Gasteiger partial charge on any atom is -0.492 e. The van der Waals surface area contributed by atoms with Crippen LogP contribution in [0, 0.1) is 11.6 Å². The van der Waals surface area contributed by atoms with Crippen molar-refractivity contribution in [2.45, 2.75) is 6.92 Å². The molecule has 0 atom stereocenters. The summed E-state index contributed by atoms with van der Waals surface area (Å²) in [4.78, 5) is 20.4. The SMILES string of the molecule is CCOc1ccccc1NC(=O)c1cc(Nc2ccc(F)cc2F)ncn1. The first-order valence-electron chi connectivity index (χ1n) is 8.14. The number of hydrogen-bond donors (Lipinski definition) is 2. The van der Waals surface area contributed by atoms with Gasteiger partial charge in [0.2, 0.25) is 0 Å². The summed E-state index contributed by atoms with van der Waals surface area (Å²) in [5.41, 5.74) is 0.603. The second-order valence-corrected chi connectivity index (χ2v) is 5.42. The van der Waals surface area contributed by atoms with Gasteiger partial charge in [-0.1, -0.05) is 12.1 Å². The Kier molecular flexibility index (Phi) is 5.55. The van der Waals surface area contributed by atoms with Gasteiger partial charge in [0, 0.05) is 12.1 Å². The number of anilines is 3. The summed E-state index contributed by atoms with van der Waals surface area (Å²) in [7, 11) is 0. The van der Waals surface area contributed by atoms with Gasteiger partial charge in [-0.15, -0.1) is 0 Å². The van der Waals surface area contributed by atoms with E-state index in [0.717, 1.165) is 12.1 Å². The van der Waals surface area contributed by atoms with E-state index < -0.39 is 17.5 Å². The van der Waals surface area contributed by atoms with Crippen LogP contribution < -0.4 is 15.4 Å². The Morgan fingerprint density at radius 3 is 2.67 bits per heavy atom. The average molecular weight is 370 g/mol. The number of para-hydroxylation sites is 2. The second-order valence-electron chi connectivity index (χ2n) is 5.42. The third-order valence-electron chi connectivity index (χ3n) is 3.53. The predicted molar refractivity (Wildman–Crippen MR) is 97.2 cm³/mol. The van der Waals surface area contributed by atoms with Crippen LogP contribution in [0.5, 0.6) is 5.75 Å². The van der Waals surface area contributed by atoms with Gasteiger partial charge in [-0.05, 0) is 31.2 Å². The van der Waals surface area contributed by atoms with Crippen molar-refractivity contribution in [3.8, 4) is 5.75 Å². The van der Waals surface area contributed by atoms with Crippen LogP contribution in [-0.4, -0.2) is 22.5 Å². The van der Waals surface area contributed by atoms with Crippen molar-refractivity contribution in [2.75, 3.05) is 17.2 Å². The minimum absolute atomic E-state index is 0.0307. The van der Waals surface area contributed by atoms with Gasteiger partial charge in [0.1, 0.15) is 35.2 Å². The van der Waals surface area contributed by atoms with Gasteiger partial charge in [0.25, 0.3) is 5.91 Å². The maximum atomic E-state index is 13.8. The maximum absolute atomic E-state index is 13.8. The normalized spacial score (nSPS) is 10.3. The molecule has 0 aliphatic heterocycles. The first-order valence-corrected chi connectivity index (χ1v) is 8.14. The lowest BCUT2D eigenvalue weighted by molar-refractivity contribution is 0.102. The number of benzene rings is 2. The Bertz CT molecular complexity index is 966. The molecule has 0 spiro atoms. The Morgan fingerprint density at radius 1 is 1.07 bits per heavy atom. The Balaban J connectivity index is 1.78.